The van der Waals surface area contributed by atoms with Crippen molar-refractivity contribution in [3.8, 4) is 0 Å². The number of aromatic nitrogens is 4. The Morgan fingerprint density at radius 3 is 3.04 bits per heavy atom. The lowest BCUT2D eigenvalue weighted by Crippen LogP contribution is -2.26. The van der Waals surface area contributed by atoms with Crippen LogP contribution in [0.1, 0.15) is 34.7 Å². The quantitative estimate of drug-likeness (QED) is 0.893. The van der Waals surface area contributed by atoms with Gasteiger partial charge in [0.15, 0.2) is 5.69 Å². The summed E-state index contributed by atoms with van der Waals surface area (Å²) >= 11 is 0. The fourth-order valence-corrected chi connectivity index (χ4v) is 2.75. The van der Waals surface area contributed by atoms with E-state index in [9.17, 15) is 4.79 Å². The predicted octanol–water partition coefficient (Wildman–Crippen LogP) is 1.52. The van der Waals surface area contributed by atoms with Crippen LogP contribution < -0.4 is 5.32 Å². The van der Waals surface area contributed by atoms with E-state index in [1.54, 1.807) is 17.1 Å². The molecule has 24 heavy (non-hydrogen) atoms. The molecule has 3 rings (SSSR count). The van der Waals surface area contributed by atoms with Crippen molar-refractivity contribution in [2.45, 2.75) is 32.9 Å². The Bertz CT molecular complexity index is 710. The summed E-state index contributed by atoms with van der Waals surface area (Å²) < 4.78 is 12.7. The Balaban J connectivity index is 1.74. The van der Waals surface area contributed by atoms with Crippen LogP contribution >= 0.6 is 0 Å². The molecule has 2 atom stereocenters. The largest absolute Gasteiger partial charge is 0.376 e. The maximum absolute atomic E-state index is 12.4. The number of aryl methyl sites for hydroxylation is 2. The number of carbonyl (C=O) groups excluding carboxylic acids is 1. The van der Waals surface area contributed by atoms with Gasteiger partial charge in [-0.3, -0.25) is 9.78 Å². The van der Waals surface area contributed by atoms with Gasteiger partial charge < -0.3 is 14.8 Å². The summed E-state index contributed by atoms with van der Waals surface area (Å²) in [4.78, 5) is 16.6. The van der Waals surface area contributed by atoms with Crippen molar-refractivity contribution in [3.63, 3.8) is 0 Å². The molecular formula is C16H21N5O3. The molecule has 1 aliphatic heterocycles. The Labute approximate surface area is 140 Å². The summed E-state index contributed by atoms with van der Waals surface area (Å²) in [7, 11) is 0. The summed E-state index contributed by atoms with van der Waals surface area (Å²) in [6.07, 6.45) is 3.27. The van der Waals surface area contributed by atoms with E-state index in [1.165, 1.54) is 0 Å². The van der Waals surface area contributed by atoms with Gasteiger partial charge in [0.25, 0.3) is 5.91 Å². The molecule has 0 unspecified atom stereocenters. The number of nitrogens with zero attached hydrogens (tertiary/aromatic N) is 4. The topological polar surface area (TPSA) is 91.2 Å². The highest BCUT2D eigenvalue weighted by atomic mass is 16.5. The van der Waals surface area contributed by atoms with E-state index in [2.05, 4.69) is 20.6 Å². The van der Waals surface area contributed by atoms with Gasteiger partial charge in [0.2, 0.25) is 0 Å². The molecule has 0 aliphatic carbocycles. The Kier molecular flexibility index (Phi) is 4.86. The number of anilines is 1. The lowest BCUT2D eigenvalue weighted by atomic mass is 10.2. The lowest BCUT2D eigenvalue weighted by molar-refractivity contribution is 0.0340. The molecule has 0 aromatic carbocycles. The molecule has 128 valence electrons. The Morgan fingerprint density at radius 2 is 2.29 bits per heavy atom. The van der Waals surface area contributed by atoms with E-state index < -0.39 is 0 Å². The van der Waals surface area contributed by atoms with E-state index in [1.807, 2.05) is 26.8 Å². The molecule has 1 N–H and O–H groups in total. The van der Waals surface area contributed by atoms with Gasteiger partial charge in [0.1, 0.15) is 12.1 Å². The summed E-state index contributed by atoms with van der Waals surface area (Å²) in [5, 5.41) is 10.9. The normalized spacial score (nSPS) is 20.3. The SMILES string of the molecule is CCO[C@@H]1COC[C@H]1n1cc(C(=O)Nc2c(C)ccnc2C)nn1. The van der Waals surface area contributed by atoms with Gasteiger partial charge in [-0.2, -0.15) is 0 Å². The average Bonchev–Trinajstić information content (AvgIpc) is 3.20. The van der Waals surface area contributed by atoms with Gasteiger partial charge in [-0.1, -0.05) is 5.21 Å². The minimum Gasteiger partial charge on any atom is -0.376 e. The van der Waals surface area contributed by atoms with Crippen molar-refractivity contribution in [2.75, 3.05) is 25.1 Å². The number of hydrogen-bond donors (Lipinski definition) is 1. The third-order valence-corrected chi connectivity index (χ3v) is 4.05. The van der Waals surface area contributed by atoms with Crippen LogP contribution in [0.2, 0.25) is 0 Å². The maximum atomic E-state index is 12.4. The first kappa shape index (κ1) is 16.5. The summed E-state index contributed by atoms with van der Waals surface area (Å²) in [6, 6.07) is 1.78. The van der Waals surface area contributed by atoms with Gasteiger partial charge in [-0.05, 0) is 32.4 Å². The van der Waals surface area contributed by atoms with E-state index in [0.29, 0.717) is 25.5 Å². The molecule has 1 fully saturated rings. The Hall–Kier alpha value is -2.32. The molecule has 0 bridgehead atoms. The molecule has 0 spiro atoms. The smallest absolute Gasteiger partial charge is 0.277 e. The van der Waals surface area contributed by atoms with Crippen LogP contribution in [0, 0.1) is 13.8 Å². The van der Waals surface area contributed by atoms with Gasteiger partial charge in [-0.25, -0.2) is 4.68 Å². The van der Waals surface area contributed by atoms with Crippen molar-refractivity contribution >= 4 is 11.6 Å². The molecule has 1 saturated heterocycles. The van der Waals surface area contributed by atoms with Gasteiger partial charge in [-0.15, -0.1) is 5.10 Å². The summed E-state index contributed by atoms with van der Waals surface area (Å²) in [6.45, 7) is 7.33. The molecule has 8 nitrogen and oxygen atoms in total. The molecule has 2 aromatic heterocycles. The van der Waals surface area contributed by atoms with Crippen molar-refractivity contribution in [1.82, 2.24) is 20.0 Å². The zero-order valence-corrected chi connectivity index (χ0v) is 14.0. The van der Waals surface area contributed by atoms with Crippen LogP contribution in [-0.4, -0.2) is 51.8 Å². The monoisotopic (exact) mass is 331 g/mol. The van der Waals surface area contributed by atoms with E-state index >= 15 is 0 Å². The third kappa shape index (κ3) is 3.29. The van der Waals surface area contributed by atoms with Gasteiger partial charge in [0, 0.05) is 12.8 Å². The van der Waals surface area contributed by atoms with Crippen molar-refractivity contribution < 1.29 is 14.3 Å². The number of hydrogen-bond acceptors (Lipinski definition) is 6. The third-order valence-electron chi connectivity index (χ3n) is 4.05. The molecular weight excluding hydrogens is 310 g/mol. The fraction of sp³-hybridized carbons (Fsp3) is 0.500. The maximum Gasteiger partial charge on any atom is 0.277 e. The standard InChI is InChI=1S/C16H21N5O3/c1-4-24-14-9-23-8-13(14)21-7-12(19-20-21)16(22)18-15-10(2)5-6-17-11(15)3/h5-7,13-14H,4,8-9H2,1-3H3,(H,18,22)/t13-,14-/m1/s1. The zero-order valence-electron chi connectivity index (χ0n) is 14.0. The molecule has 0 saturated carbocycles. The number of rotatable bonds is 5. The van der Waals surface area contributed by atoms with Crippen LogP contribution in [-0.2, 0) is 9.47 Å². The van der Waals surface area contributed by atoms with Crippen LogP contribution in [0.5, 0.6) is 0 Å². The van der Waals surface area contributed by atoms with Crippen LogP contribution in [0.3, 0.4) is 0 Å². The number of carbonyl (C=O) groups is 1. The highest BCUT2D eigenvalue weighted by molar-refractivity contribution is 6.03. The first-order valence-corrected chi connectivity index (χ1v) is 7.95. The van der Waals surface area contributed by atoms with Gasteiger partial charge >= 0.3 is 0 Å². The van der Waals surface area contributed by atoms with E-state index in [-0.39, 0.29) is 23.7 Å². The second kappa shape index (κ2) is 7.06. The number of nitrogens with one attached hydrogen (secondary N) is 1. The number of ether oxygens (including phenoxy) is 2. The minimum absolute atomic E-state index is 0.0686. The second-order valence-corrected chi connectivity index (χ2v) is 5.72. The van der Waals surface area contributed by atoms with Gasteiger partial charge in [0.05, 0.1) is 30.8 Å². The minimum atomic E-state index is -0.313. The van der Waals surface area contributed by atoms with Crippen molar-refractivity contribution in [2.24, 2.45) is 0 Å². The molecule has 3 heterocycles. The van der Waals surface area contributed by atoms with Crippen LogP contribution in [0.15, 0.2) is 18.5 Å². The number of pyridine rings is 1. The average molecular weight is 331 g/mol. The molecule has 1 amide bonds. The van der Waals surface area contributed by atoms with Crippen molar-refractivity contribution in [1.29, 1.82) is 0 Å². The second-order valence-electron chi connectivity index (χ2n) is 5.72. The predicted molar refractivity (Wildman–Crippen MR) is 87.0 cm³/mol. The highest BCUT2D eigenvalue weighted by Gasteiger charge is 2.31. The van der Waals surface area contributed by atoms with E-state index in [4.69, 9.17) is 9.47 Å². The van der Waals surface area contributed by atoms with E-state index in [0.717, 1.165) is 11.3 Å². The number of amides is 1. The fourth-order valence-electron chi connectivity index (χ4n) is 2.75. The first-order chi connectivity index (χ1) is 11.6. The summed E-state index contributed by atoms with van der Waals surface area (Å²) in [5.74, 6) is -0.313. The van der Waals surface area contributed by atoms with Crippen LogP contribution in [0.4, 0.5) is 5.69 Å². The highest BCUT2D eigenvalue weighted by Crippen LogP contribution is 2.22. The molecule has 0 radical (unpaired) electrons. The summed E-state index contributed by atoms with van der Waals surface area (Å²) in [5.41, 5.74) is 2.66. The molecule has 8 heteroatoms. The lowest BCUT2D eigenvalue weighted by Gasteiger charge is -2.16. The molecule has 1 aliphatic rings. The van der Waals surface area contributed by atoms with Crippen LogP contribution in [0.25, 0.3) is 0 Å². The molecule has 2 aromatic rings. The Morgan fingerprint density at radius 1 is 1.46 bits per heavy atom. The zero-order chi connectivity index (χ0) is 17.1. The first-order valence-electron chi connectivity index (χ1n) is 7.95. The van der Waals surface area contributed by atoms with Crippen molar-refractivity contribution in [3.05, 3.63) is 35.4 Å².